The van der Waals surface area contributed by atoms with E-state index in [4.69, 9.17) is 0 Å². The van der Waals surface area contributed by atoms with E-state index in [1.54, 1.807) is 12.1 Å². The van der Waals surface area contributed by atoms with E-state index in [1.165, 1.54) is 6.07 Å². The Morgan fingerprint density at radius 2 is 2.20 bits per heavy atom. The van der Waals surface area contributed by atoms with E-state index in [0.717, 1.165) is 31.5 Å². The molecule has 0 radical (unpaired) electrons. The monoisotopic (exact) mass is 277 g/mol. The predicted molar refractivity (Wildman–Crippen MR) is 76.9 cm³/mol. The Morgan fingerprint density at radius 3 is 2.80 bits per heavy atom. The molecule has 2 rings (SSSR count). The van der Waals surface area contributed by atoms with Crippen molar-refractivity contribution in [1.82, 2.24) is 5.32 Å². The number of anilines is 1. The molecule has 1 aliphatic rings. The number of hydrogen-bond donors (Lipinski definition) is 2. The van der Waals surface area contributed by atoms with Gasteiger partial charge in [-0.3, -0.25) is 14.9 Å². The van der Waals surface area contributed by atoms with Gasteiger partial charge in [-0.1, -0.05) is 6.92 Å². The lowest BCUT2D eigenvalue weighted by molar-refractivity contribution is -0.385. The first-order valence-corrected chi connectivity index (χ1v) is 6.92. The number of amides is 1. The maximum atomic E-state index is 12.1. The van der Waals surface area contributed by atoms with Crippen molar-refractivity contribution in [3.63, 3.8) is 0 Å². The molecule has 1 amide bonds. The Bertz CT molecular complexity index is 512. The van der Waals surface area contributed by atoms with Crippen molar-refractivity contribution in [2.75, 3.05) is 18.4 Å². The van der Waals surface area contributed by atoms with Crippen molar-refractivity contribution in [3.8, 4) is 0 Å². The zero-order chi connectivity index (χ0) is 14.5. The van der Waals surface area contributed by atoms with Crippen LogP contribution in [0, 0.1) is 16.0 Å². The van der Waals surface area contributed by atoms with Crippen LogP contribution in [0.25, 0.3) is 0 Å². The van der Waals surface area contributed by atoms with E-state index in [1.807, 2.05) is 6.92 Å². The fourth-order valence-corrected chi connectivity index (χ4v) is 1.91. The average molecular weight is 277 g/mol. The largest absolute Gasteiger partial charge is 0.385 e. The summed E-state index contributed by atoms with van der Waals surface area (Å²) in [7, 11) is 0. The highest BCUT2D eigenvalue weighted by molar-refractivity contribution is 5.99. The van der Waals surface area contributed by atoms with Crippen molar-refractivity contribution >= 4 is 17.3 Å². The molecule has 6 heteroatoms. The second kappa shape index (κ2) is 6.36. The van der Waals surface area contributed by atoms with E-state index in [2.05, 4.69) is 10.6 Å². The van der Waals surface area contributed by atoms with E-state index in [-0.39, 0.29) is 17.2 Å². The Balaban J connectivity index is 2.15. The van der Waals surface area contributed by atoms with E-state index >= 15 is 0 Å². The van der Waals surface area contributed by atoms with E-state index < -0.39 is 4.92 Å². The molecule has 1 fully saturated rings. The zero-order valence-corrected chi connectivity index (χ0v) is 11.5. The number of nitro benzene ring substituents is 1. The fraction of sp³-hybridized carbons (Fsp3) is 0.500. The zero-order valence-electron chi connectivity index (χ0n) is 11.5. The summed E-state index contributed by atoms with van der Waals surface area (Å²) >= 11 is 0. The van der Waals surface area contributed by atoms with Gasteiger partial charge in [-0.05, 0) is 37.3 Å². The second-order valence-electron chi connectivity index (χ2n) is 5.07. The van der Waals surface area contributed by atoms with Crippen LogP contribution in [0.3, 0.4) is 0 Å². The van der Waals surface area contributed by atoms with Gasteiger partial charge in [0.1, 0.15) is 5.56 Å². The van der Waals surface area contributed by atoms with Gasteiger partial charge in [0.05, 0.1) is 4.92 Å². The molecule has 1 saturated carbocycles. The number of nitrogens with zero attached hydrogens (tertiary/aromatic N) is 1. The number of benzene rings is 1. The molecule has 0 spiro atoms. The molecule has 0 bridgehead atoms. The van der Waals surface area contributed by atoms with Crippen LogP contribution in [-0.2, 0) is 0 Å². The normalized spacial score (nSPS) is 13.8. The molecule has 0 saturated heterocycles. The number of nitrogens with one attached hydrogen (secondary N) is 2. The number of hydrogen-bond acceptors (Lipinski definition) is 4. The smallest absolute Gasteiger partial charge is 0.282 e. The van der Waals surface area contributed by atoms with Gasteiger partial charge in [0.25, 0.3) is 11.6 Å². The maximum absolute atomic E-state index is 12.1. The summed E-state index contributed by atoms with van der Waals surface area (Å²) in [5, 5.41) is 16.9. The highest BCUT2D eigenvalue weighted by Crippen LogP contribution is 2.28. The van der Waals surface area contributed by atoms with Crippen molar-refractivity contribution in [3.05, 3.63) is 33.9 Å². The predicted octanol–water partition coefficient (Wildman–Crippen LogP) is 2.56. The highest BCUT2D eigenvalue weighted by atomic mass is 16.6. The van der Waals surface area contributed by atoms with Gasteiger partial charge < -0.3 is 10.6 Å². The Hall–Kier alpha value is -2.11. The van der Waals surface area contributed by atoms with Gasteiger partial charge in [-0.15, -0.1) is 0 Å². The molecular formula is C14H19N3O3. The molecule has 20 heavy (non-hydrogen) atoms. The quantitative estimate of drug-likeness (QED) is 0.592. The molecule has 0 aliphatic heterocycles. The molecule has 2 N–H and O–H groups in total. The molecule has 0 aromatic heterocycles. The minimum Gasteiger partial charge on any atom is -0.385 e. The van der Waals surface area contributed by atoms with E-state index in [9.17, 15) is 14.9 Å². The highest BCUT2D eigenvalue weighted by Gasteiger charge is 2.25. The minimum absolute atomic E-state index is 0.122. The third-order valence-electron chi connectivity index (χ3n) is 3.27. The average Bonchev–Trinajstić information content (AvgIpc) is 3.26. The summed E-state index contributed by atoms with van der Waals surface area (Å²) in [6.45, 7) is 3.39. The van der Waals surface area contributed by atoms with Crippen LogP contribution in [-0.4, -0.2) is 23.9 Å². The van der Waals surface area contributed by atoms with Crippen molar-refractivity contribution in [2.24, 2.45) is 5.92 Å². The third-order valence-corrected chi connectivity index (χ3v) is 3.27. The van der Waals surface area contributed by atoms with Crippen LogP contribution in [0.2, 0.25) is 0 Å². The topological polar surface area (TPSA) is 84.3 Å². The van der Waals surface area contributed by atoms with Crippen LogP contribution >= 0.6 is 0 Å². The first-order chi connectivity index (χ1) is 9.61. The molecular weight excluding hydrogens is 258 g/mol. The summed E-state index contributed by atoms with van der Waals surface area (Å²) in [5.74, 6) is 0.170. The van der Waals surface area contributed by atoms with Crippen LogP contribution < -0.4 is 10.6 Å². The molecule has 6 nitrogen and oxygen atoms in total. The van der Waals surface area contributed by atoms with Gasteiger partial charge in [-0.2, -0.15) is 0 Å². The molecule has 108 valence electrons. The molecule has 1 aliphatic carbocycles. The lowest BCUT2D eigenvalue weighted by Gasteiger charge is -2.09. The molecule has 1 aromatic carbocycles. The van der Waals surface area contributed by atoms with Crippen LogP contribution in [0.1, 0.15) is 36.5 Å². The summed E-state index contributed by atoms with van der Waals surface area (Å²) in [4.78, 5) is 22.6. The van der Waals surface area contributed by atoms with Gasteiger partial charge in [0, 0.05) is 24.8 Å². The van der Waals surface area contributed by atoms with Crippen molar-refractivity contribution in [1.29, 1.82) is 0 Å². The maximum Gasteiger partial charge on any atom is 0.282 e. The summed E-state index contributed by atoms with van der Waals surface area (Å²) in [5.41, 5.74) is 0.700. The summed E-state index contributed by atoms with van der Waals surface area (Å²) in [6, 6.07) is 4.56. The van der Waals surface area contributed by atoms with Gasteiger partial charge in [0.15, 0.2) is 0 Å². The number of carbonyl (C=O) groups is 1. The van der Waals surface area contributed by atoms with E-state index in [0.29, 0.717) is 12.5 Å². The molecule has 0 atom stereocenters. The summed E-state index contributed by atoms with van der Waals surface area (Å²) < 4.78 is 0. The molecule has 1 aromatic rings. The number of nitro groups is 1. The third kappa shape index (κ3) is 3.69. The lowest BCUT2D eigenvalue weighted by atomic mass is 10.1. The SMILES string of the molecule is CCCNc1ccc([N+](=O)[O-])c(C(=O)NCC2CC2)c1. The number of carbonyl (C=O) groups excluding carboxylic acids is 1. The Labute approximate surface area is 117 Å². The first kappa shape index (κ1) is 14.3. The van der Waals surface area contributed by atoms with Crippen LogP contribution in [0.4, 0.5) is 11.4 Å². The first-order valence-electron chi connectivity index (χ1n) is 6.92. The fourth-order valence-electron chi connectivity index (χ4n) is 1.91. The summed E-state index contributed by atoms with van der Waals surface area (Å²) in [6.07, 6.45) is 3.20. The van der Waals surface area contributed by atoms with Crippen molar-refractivity contribution < 1.29 is 9.72 Å². The van der Waals surface area contributed by atoms with Crippen LogP contribution in [0.15, 0.2) is 18.2 Å². The van der Waals surface area contributed by atoms with Crippen molar-refractivity contribution in [2.45, 2.75) is 26.2 Å². The Kier molecular flexibility index (Phi) is 4.55. The number of rotatable bonds is 7. The van der Waals surface area contributed by atoms with Gasteiger partial charge in [0.2, 0.25) is 0 Å². The van der Waals surface area contributed by atoms with Gasteiger partial charge in [-0.25, -0.2) is 0 Å². The van der Waals surface area contributed by atoms with Gasteiger partial charge >= 0.3 is 0 Å². The minimum atomic E-state index is -0.518. The molecule has 0 unspecified atom stereocenters. The Morgan fingerprint density at radius 1 is 1.45 bits per heavy atom. The lowest BCUT2D eigenvalue weighted by Crippen LogP contribution is -2.26. The van der Waals surface area contributed by atoms with Crippen LogP contribution in [0.5, 0.6) is 0 Å². The molecule has 0 heterocycles. The standard InChI is InChI=1S/C14H19N3O3/c1-2-7-15-11-5-6-13(17(19)20)12(8-11)14(18)16-9-10-3-4-10/h5-6,8,10,15H,2-4,7,9H2,1H3,(H,16,18). The second-order valence-corrected chi connectivity index (χ2v) is 5.07.